The molecule has 0 spiro atoms. The quantitative estimate of drug-likeness (QED) is 0.134. The fraction of sp³-hybridized carbons (Fsp3) is 0.462. The molecule has 6 aromatic rings. The first-order valence-corrected chi connectivity index (χ1v) is 26.7. The summed E-state index contributed by atoms with van der Waals surface area (Å²) in [6.07, 6.45) is 3.08. The molecule has 0 bridgehead atoms. The van der Waals surface area contributed by atoms with Gasteiger partial charge < -0.3 is 9.80 Å². The van der Waals surface area contributed by atoms with E-state index in [2.05, 4.69) is 70.7 Å². The third-order valence-corrected chi connectivity index (χ3v) is 17.9. The molecule has 360 valence electrons. The standard InChI is InChI=1S/C52H59Cl2N11O2S2/c1-9-39(45-47-59-57-32(7)64(47)51-41(28(3)30(5)68-51)43(55-45)35-11-15-37(53)16-12-35)49(66)62-21-19-34(20-22-62)27-61-23-25-63(26-24-61)50(67)40(10-2)46-48-60-58-33(8)65(48)52-42(29(4)31(6)69-52)44(56-46)36-13-17-38(54)18-14-36/h11-18,34,39-40,45-46H,9-10,19-27H2,1-8H3/t39-,40-,45+,46+/m1/s1. The van der Waals surface area contributed by atoms with E-state index in [1.165, 1.54) is 20.9 Å². The fourth-order valence-corrected chi connectivity index (χ4v) is 13.5. The predicted octanol–water partition coefficient (Wildman–Crippen LogP) is 10.0. The van der Waals surface area contributed by atoms with E-state index in [0.29, 0.717) is 66.6 Å². The van der Waals surface area contributed by atoms with Crippen molar-refractivity contribution in [2.45, 2.75) is 93.2 Å². The zero-order chi connectivity index (χ0) is 48.4. The third kappa shape index (κ3) is 8.59. The van der Waals surface area contributed by atoms with Crippen LogP contribution in [0.5, 0.6) is 0 Å². The van der Waals surface area contributed by atoms with Crippen LogP contribution in [0.25, 0.3) is 10.0 Å². The van der Waals surface area contributed by atoms with Crippen molar-refractivity contribution in [3.63, 3.8) is 0 Å². The molecular formula is C52H59Cl2N11O2S2. The van der Waals surface area contributed by atoms with Crippen LogP contribution in [0.3, 0.4) is 0 Å². The summed E-state index contributed by atoms with van der Waals surface area (Å²) in [4.78, 5) is 49.5. The number of likely N-dealkylation sites (tertiary alicyclic amines) is 1. The molecule has 17 heteroatoms. The molecule has 0 aliphatic carbocycles. The van der Waals surface area contributed by atoms with Gasteiger partial charge in [0, 0.05) is 87.9 Å². The van der Waals surface area contributed by atoms with Crippen molar-refractivity contribution in [1.82, 2.24) is 44.2 Å². The normalized spacial score (nSPS) is 19.4. The Morgan fingerprint density at radius 3 is 1.41 bits per heavy atom. The molecule has 10 rings (SSSR count). The van der Waals surface area contributed by atoms with Gasteiger partial charge in [0.15, 0.2) is 11.6 Å². The molecule has 0 unspecified atom stereocenters. The lowest BCUT2D eigenvalue weighted by molar-refractivity contribution is -0.138. The van der Waals surface area contributed by atoms with E-state index in [-0.39, 0.29) is 11.8 Å². The Labute approximate surface area is 422 Å². The topological polar surface area (TPSA) is 130 Å². The summed E-state index contributed by atoms with van der Waals surface area (Å²) in [7, 11) is 0. The minimum absolute atomic E-state index is 0.108. The van der Waals surface area contributed by atoms with Crippen LogP contribution in [-0.2, 0) is 9.59 Å². The number of rotatable bonds is 10. The Bertz CT molecular complexity index is 2790. The van der Waals surface area contributed by atoms with E-state index in [1.54, 1.807) is 22.7 Å². The Kier molecular flexibility index (Phi) is 13.3. The summed E-state index contributed by atoms with van der Waals surface area (Å²) >= 11 is 16.2. The Morgan fingerprint density at radius 1 is 0.594 bits per heavy atom. The molecule has 4 aliphatic rings. The van der Waals surface area contributed by atoms with Crippen LogP contribution >= 0.6 is 45.9 Å². The lowest BCUT2D eigenvalue weighted by Gasteiger charge is -2.40. The first kappa shape index (κ1) is 47.6. The number of hydrogen-bond acceptors (Lipinski definition) is 11. The van der Waals surface area contributed by atoms with Gasteiger partial charge in [-0.15, -0.1) is 43.1 Å². The number of halogens is 2. The number of carbonyl (C=O) groups excluding carboxylic acids is 2. The van der Waals surface area contributed by atoms with Gasteiger partial charge in [-0.25, -0.2) is 0 Å². The highest BCUT2D eigenvalue weighted by molar-refractivity contribution is 7.15. The van der Waals surface area contributed by atoms with Crippen LogP contribution in [0.4, 0.5) is 0 Å². The highest BCUT2D eigenvalue weighted by Crippen LogP contribution is 2.44. The van der Waals surface area contributed by atoms with Crippen molar-refractivity contribution in [1.29, 1.82) is 0 Å². The predicted molar refractivity (Wildman–Crippen MR) is 276 cm³/mol. The maximum Gasteiger partial charge on any atom is 0.228 e. The van der Waals surface area contributed by atoms with Gasteiger partial charge in [0.25, 0.3) is 0 Å². The second-order valence-corrected chi connectivity index (χ2v) is 22.4. The van der Waals surface area contributed by atoms with Gasteiger partial charge in [-0.2, -0.15) is 0 Å². The Hall–Kier alpha value is -5.06. The number of amides is 2. The van der Waals surface area contributed by atoms with Crippen molar-refractivity contribution < 1.29 is 9.59 Å². The van der Waals surface area contributed by atoms with Crippen molar-refractivity contribution >= 4 is 69.1 Å². The maximum atomic E-state index is 14.7. The van der Waals surface area contributed by atoms with Gasteiger partial charge in [-0.3, -0.25) is 33.6 Å². The summed E-state index contributed by atoms with van der Waals surface area (Å²) < 4.78 is 4.26. The van der Waals surface area contributed by atoms with E-state index < -0.39 is 23.9 Å². The Balaban J connectivity index is 0.813. The number of aryl methyl sites for hydroxylation is 4. The number of nitrogens with zero attached hydrogens (tertiary/aromatic N) is 11. The van der Waals surface area contributed by atoms with E-state index in [4.69, 9.17) is 43.4 Å². The van der Waals surface area contributed by atoms with Gasteiger partial charge >= 0.3 is 0 Å². The molecule has 69 heavy (non-hydrogen) atoms. The monoisotopic (exact) mass is 1000 g/mol. The molecule has 2 aromatic carbocycles. The Morgan fingerprint density at radius 2 is 1.00 bits per heavy atom. The lowest BCUT2D eigenvalue weighted by Crippen LogP contribution is -2.52. The van der Waals surface area contributed by atoms with Gasteiger partial charge in [0.05, 0.1) is 23.3 Å². The minimum atomic E-state index is -0.517. The number of fused-ring (bicyclic) bond motifs is 6. The summed E-state index contributed by atoms with van der Waals surface area (Å²) in [6.45, 7) is 21.9. The van der Waals surface area contributed by atoms with Crippen molar-refractivity contribution in [3.8, 4) is 10.0 Å². The SMILES string of the molecule is CC[C@@H](C(=O)N1CCC(CN2CCN(C(=O)[C@H](CC)[C@@H]3N=C(c4ccc(Cl)cc4)c4c(sc(C)c4C)-n4c(C)nnc43)CC2)CC1)[C@@H]1N=C(c2ccc(Cl)cc2)c2c(sc(C)c2C)-n2c(C)nnc21. The average Bonchev–Trinajstić information content (AvgIpc) is 4.04. The third-order valence-electron chi connectivity index (χ3n) is 15.0. The smallest absolute Gasteiger partial charge is 0.228 e. The number of hydrogen-bond donors (Lipinski definition) is 0. The molecule has 2 amide bonds. The number of thiophene rings is 2. The van der Waals surface area contributed by atoms with E-state index in [9.17, 15) is 9.59 Å². The first-order valence-electron chi connectivity index (χ1n) is 24.3. The maximum absolute atomic E-state index is 14.7. The molecule has 0 radical (unpaired) electrons. The number of carbonyl (C=O) groups is 2. The van der Waals surface area contributed by atoms with Gasteiger partial charge in [-0.05, 0) is 109 Å². The van der Waals surface area contributed by atoms with Crippen LogP contribution < -0.4 is 0 Å². The average molecular weight is 1010 g/mol. The largest absolute Gasteiger partial charge is 0.342 e. The van der Waals surface area contributed by atoms with Gasteiger partial charge in [-0.1, -0.05) is 61.3 Å². The summed E-state index contributed by atoms with van der Waals surface area (Å²) in [5.74, 6) is 2.83. The molecular weight excluding hydrogens is 946 g/mol. The van der Waals surface area contributed by atoms with Crippen LogP contribution in [0.2, 0.25) is 10.0 Å². The highest BCUT2D eigenvalue weighted by atomic mass is 35.5. The molecule has 2 saturated heterocycles. The molecule has 0 saturated carbocycles. The number of aliphatic imine (C=N–C) groups is 2. The van der Waals surface area contributed by atoms with Gasteiger partial charge in [0.2, 0.25) is 11.8 Å². The van der Waals surface area contributed by atoms with E-state index in [1.807, 2.05) is 67.3 Å². The molecule has 8 heterocycles. The summed E-state index contributed by atoms with van der Waals surface area (Å²) in [5, 5.41) is 21.9. The second-order valence-electron chi connectivity index (χ2n) is 19.1. The first-order chi connectivity index (χ1) is 33.3. The fourth-order valence-electron chi connectivity index (χ4n) is 10.8. The van der Waals surface area contributed by atoms with Crippen LogP contribution in [0.15, 0.2) is 58.5 Å². The highest BCUT2D eigenvalue weighted by Gasteiger charge is 2.42. The van der Waals surface area contributed by atoms with Gasteiger partial charge in [0.1, 0.15) is 33.7 Å². The minimum Gasteiger partial charge on any atom is -0.342 e. The number of aromatic nitrogens is 6. The molecule has 4 aliphatic heterocycles. The number of benzene rings is 2. The molecule has 13 nitrogen and oxygen atoms in total. The van der Waals surface area contributed by atoms with E-state index >= 15 is 0 Å². The van der Waals surface area contributed by atoms with Crippen molar-refractivity contribution in [2.24, 2.45) is 27.7 Å². The molecule has 4 aromatic heterocycles. The van der Waals surface area contributed by atoms with Crippen LogP contribution in [0.1, 0.15) is 118 Å². The van der Waals surface area contributed by atoms with Crippen LogP contribution in [0, 0.1) is 59.3 Å². The van der Waals surface area contributed by atoms with Crippen molar-refractivity contribution in [2.75, 3.05) is 45.8 Å². The molecule has 4 atom stereocenters. The zero-order valence-corrected chi connectivity index (χ0v) is 43.7. The molecule has 2 fully saturated rings. The number of piperidine rings is 1. The van der Waals surface area contributed by atoms with Crippen LogP contribution in [-0.4, -0.2) is 113 Å². The zero-order valence-electron chi connectivity index (χ0n) is 40.6. The molecule has 0 N–H and O–H groups in total. The second kappa shape index (κ2) is 19.3. The number of piperazine rings is 1. The van der Waals surface area contributed by atoms with Crippen molar-refractivity contribution in [3.05, 3.63) is 125 Å². The summed E-state index contributed by atoms with van der Waals surface area (Å²) in [6, 6.07) is 14.6. The summed E-state index contributed by atoms with van der Waals surface area (Å²) in [5.41, 5.74) is 8.09. The van der Waals surface area contributed by atoms with E-state index in [0.717, 1.165) is 87.8 Å². The lowest BCUT2D eigenvalue weighted by atomic mass is 9.91.